The summed E-state index contributed by atoms with van der Waals surface area (Å²) in [7, 11) is -3.84. The van der Waals surface area contributed by atoms with Gasteiger partial charge in [-0.05, 0) is 66.2 Å². The predicted molar refractivity (Wildman–Crippen MR) is 123 cm³/mol. The van der Waals surface area contributed by atoms with E-state index in [4.69, 9.17) is 11.6 Å². The molecular weight excluding hydrogens is 471 g/mol. The maximum absolute atomic E-state index is 13.3. The SMILES string of the molecule is O=C(CN(C1CC1)S(=O)(=O)c1ccc(Cl)cc1)N(Cc1ccc(F)cc1)Cc1cccs1. The molecule has 9 heteroatoms. The zero-order valence-electron chi connectivity index (χ0n) is 17.2. The minimum absolute atomic E-state index is 0.116. The molecule has 1 aliphatic rings. The quantitative estimate of drug-likeness (QED) is 0.426. The highest BCUT2D eigenvalue weighted by Gasteiger charge is 2.40. The van der Waals surface area contributed by atoms with E-state index in [0.717, 1.165) is 23.3 Å². The topological polar surface area (TPSA) is 57.7 Å². The van der Waals surface area contributed by atoms with Crippen molar-refractivity contribution in [2.75, 3.05) is 6.54 Å². The zero-order valence-corrected chi connectivity index (χ0v) is 19.5. The molecule has 1 saturated carbocycles. The Morgan fingerprint density at radius 2 is 1.72 bits per heavy atom. The first kappa shape index (κ1) is 22.9. The molecule has 0 saturated heterocycles. The fourth-order valence-electron chi connectivity index (χ4n) is 3.38. The fraction of sp³-hybridized carbons (Fsp3) is 0.261. The lowest BCUT2D eigenvalue weighted by molar-refractivity contribution is -0.132. The number of carbonyl (C=O) groups excluding carboxylic acids is 1. The van der Waals surface area contributed by atoms with Crippen molar-refractivity contribution in [1.82, 2.24) is 9.21 Å². The van der Waals surface area contributed by atoms with Crippen molar-refractivity contribution in [2.45, 2.75) is 36.9 Å². The second kappa shape index (κ2) is 9.70. The first-order chi connectivity index (χ1) is 15.3. The number of hydrogen-bond donors (Lipinski definition) is 0. The van der Waals surface area contributed by atoms with Gasteiger partial charge in [0.25, 0.3) is 0 Å². The number of carbonyl (C=O) groups is 1. The molecule has 1 aromatic heterocycles. The van der Waals surface area contributed by atoms with E-state index >= 15 is 0 Å². The molecule has 1 amide bonds. The van der Waals surface area contributed by atoms with Crippen molar-refractivity contribution in [3.63, 3.8) is 0 Å². The van der Waals surface area contributed by atoms with Crippen LogP contribution >= 0.6 is 22.9 Å². The van der Waals surface area contributed by atoms with E-state index in [1.165, 1.54) is 52.0 Å². The number of thiophene rings is 1. The summed E-state index contributed by atoms with van der Waals surface area (Å²) in [5, 5.41) is 2.37. The Balaban J connectivity index is 1.57. The number of hydrogen-bond acceptors (Lipinski definition) is 4. The van der Waals surface area contributed by atoms with Crippen LogP contribution in [0, 0.1) is 5.82 Å². The number of amides is 1. The minimum Gasteiger partial charge on any atom is -0.332 e. The summed E-state index contributed by atoms with van der Waals surface area (Å²) < 4.78 is 41.1. The Morgan fingerprint density at radius 3 is 2.31 bits per heavy atom. The van der Waals surface area contributed by atoms with Gasteiger partial charge in [0.05, 0.1) is 18.0 Å². The summed E-state index contributed by atoms with van der Waals surface area (Å²) in [4.78, 5) is 16.1. The van der Waals surface area contributed by atoms with Crippen molar-refractivity contribution in [1.29, 1.82) is 0 Å². The van der Waals surface area contributed by atoms with E-state index in [2.05, 4.69) is 0 Å². The molecule has 0 bridgehead atoms. The van der Waals surface area contributed by atoms with Crippen LogP contribution in [0.5, 0.6) is 0 Å². The normalized spacial score (nSPS) is 14.0. The van der Waals surface area contributed by atoms with Gasteiger partial charge in [0.2, 0.25) is 15.9 Å². The van der Waals surface area contributed by atoms with Gasteiger partial charge < -0.3 is 4.90 Å². The summed E-state index contributed by atoms with van der Waals surface area (Å²) in [6.45, 7) is 0.367. The van der Waals surface area contributed by atoms with E-state index in [9.17, 15) is 17.6 Å². The van der Waals surface area contributed by atoms with E-state index < -0.39 is 10.0 Å². The molecule has 0 unspecified atom stereocenters. The zero-order chi connectivity index (χ0) is 22.7. The molecule has 0 radical (unpaired) electrons. The number of rotatable bonds is 9. The minimum atomic E-state index is -3.84. The lowest BCUT2D eigenvalue weighted by Crippen LogP contribution is -2.43. The molecule has 0 aliphatic heterocycles. The van der Waals surface area contributed by atoms with E-state index in [-0.39, 0.29) is 35.8 Å². The Labute approximate surface area is 196 Å². The number of sulfonamides is 1. The van der Waals surface area contributed by atoms with Gasteiger partial charge in [0.15, 0.2) is 0 Å². The summed E-state index contributed by atoms with van der Waals surface area (Å²) in [6, 6.07) is 15.6. The van der Waals surface area contributed by atoms with Crippen LogP contribution in [0.4, 0.5) is 4.39 Å². The van der Waals surface area contributed by atoms with E-state index in [1.807, 2.05) is 17.5 Å². The van der Waals surface area contributed by atoms with Crippen LogP contribution in [0.1, 0.15) is 23.3 Å². The van der Waals surface area contributed by atoms with Crippen molar-refractivity contribution in [2.24, 2.45) is 0 Å². The third-order valence-corrected chi connectivity index (χ3v) is 8.26. The molecule has 4 rings (SSSR count). The molecule has 0 N–H and O–H groups in total. The standard InChI is InChI=1S/C23H22ClFN2O3S2/c24-18-5-11-22(12-6-18)32(29,30)27(20-9-10-20)16-23(28)26(15-21-2-1-13-31-21)14-17-3-7-19(25)8-4-17/h1-8,11-13,20H,9-10,14-16H2. The van der Waals surface area contributed by atoms with Gasteiger partial charge in [-0.3, -0.25) is 4.79 Å². The maximum atomic E-state index is 13.3. The van der Waals surface area contributed by atoms with Gasteiger partial charge >= 0.3 is 0 Å². The van der Waals surface area contributed by atoms with Crippen LogP contribution in [-0.4, -0.2) is 36.1 Å². The van der Waals surface area contributed by atoms with Crippen LogP contribution in [0.15, 0.2) is 70.9 Å². The van der Waals surface area contributed by atoms with Gasteiger partial charge in [-0.25, -0.2) is 12.8 Å². The van der Waals surface area contributed by atoms with Crippen molar-refractivity contribution < 1.29 is 17.6 Å². The molecule has 1 aliphatic carbocycles. The molecule has 0 atom stereocenters. The van der Waals surface area contributed by atoms with Gasteiger partial charge in [-0.1, -0.05) is 29.8 Å². The second-order valence-corrected chi connectivity index (χ2v) is 11.1. The van der Waals surface area contributed by atoms with Crippen molar-refractivity contribution in [3.8, 4) is 0 Å². The second-order valence-electron chi connectivity index (χ2n) is 7.69. The highest BCUT2D eigenvalue weighted by Crippen LogP contribution is 2.32. The molecule has 1 fully saturated rings. The van der Waals surface area contributed by atoms with Gasteiger partial charge in [0, 0.05) is 22.5 Å². The largest absolute Gasteiger partial charge is 0.332 e. The molecule has 5 nitrogen and oxygen atoms in total. The average molecular weight is 493 g/mol. The predicted octanol–water partition coefficient (Wildman–Crippen LogP) is 4.92. The van der Waals surface area contributed by atoms with Crippen LogP contribution < -0.4 is 0 Å². The number of halogens is 2. The molecule has 168 valence electrons. The summed E-state index contributed by atoms with van der Waals surface area (Å²) in [6.07, 6.45) is 1.45. The third-order valence-electron chi connectivity index (χ3n) is 5.23. The number of benzene rings is 2. The van der Waals surface area contributed by atoms with E-state index in [0.29, 0.717) is 11.6 Å². The summed E-state index contributed by atoms with van der Waals surface area (Å²) in [5.41, 5.74) is 0.773. The van der Waals surface area contributed by atoms with E-state index in [1.54, 1.807) is 17.0 Å². The molecule has 1 heterocycles. The smallest absolute Gasteiger partial charge is 0.243 e. The van der Waals surface area contributed by atoms with Gasteiger partial charge in [-0.2, -0.15) is 4.31 Å². The number of nitrogens with zero attached hydrogens (tertiary/aromatic N) is 2. The molecule has 2 aromatic carbocycles. The molecule has 3 aromatic rings. The van der Waals surface area contributed by atoms with Crippen molar-refractivity contribution >= 4 is 38.9 Å². The van der Waals surface area contributed by atoms with Crippen LogP contribution in [0.25, 0.3) is 0 Å². The lowest BCUT2D eigenvalue weighted by Gasteiger charge is -2.27. The first-order valence-electron chi connectivity index (χ1n) is 10.1. The lowest BCUT2D eigenvalue weighted by atomic mass is 10.2. The van der Waals surface area contributed by atoms with Crippen LogP contribution in [0.2, 0.25) is 5.02 Å². The monoisotopic (exact) mass is 492 g/mol. The average Bonchev–Trinajstić information content (AvgIpc) is 3.48. The Kier molecular flexibility index (Phi) is 6.95. The molecule has 32 heavy (non-hydrogen) atoms. The van der Waals surface area contributed by atoms with Crippen LogP contribution in [-0.2, 0) is 27.9 Å². The maximum Gasteiger partial charge on any atom is 0.243 e. The van der Waals surface area contributed by atoms with Crippen LogP contribution in [0.3, 0.4) is 0 Å². The third kappa shape index (κ3) is 5.56. The molecule has 0 spiro atoms. The Hall–Kier alpha value is -2.26. The first-order valence-corrected chi connectivity index (χ1v) is 12.8. The highest BCUT2D eigenvalue weighted by atomic mass is 35.5. The summed E-state index contributed by atoms with van der Waals surface area (Å²) >= 11 is 7.43. The van der Waals surface area contributed by atoms with Gasteiger partial charge in [-0.15, -0.1) is 11.3 Å². The van der Waals surface area contributed by atoms with Gasteiger partial charge in [0.1, 0.15) is 5.82 Å². The fourth-order valence-corrected chi connectivity index (χ4v) is 5.86. The molecular formula is C23H22ClFN2O3S2. The van der Waals surface area contributed by atoms with Crippen molar-refractivity contribution in [3.05, 3.63) is 87.3 Å². The Morgan fingerprint density at radius 1 is 1.03 bits per heavy atom. The Bertz CT molecular complexity index is 1160. The summed E-state index contributed by atoms with van der Waals surface area (Å²) in [5.74, 6) is -0.647. The highest BCUT2D eigenvalue weighted by molar-refractivity contribution is 7.89.